The Kier molecular flexibility index (Phi) is 4.56. The topological polar surface area (TPSA) is 62.5 Å². The highest BCUT2D eigenvalue weighted by molar-refractivity contribution is 5.96. The molecule has 0 aliphatic carbocycles. The first kappa shape index (κ1) is 17.4. The fraction of sp³-hybridized carbons (Fsp3) is 0.409. The number of rotatable bonds is 4. The van der Waals surface area contributed by atoms with E-state index in [0.29, 0.717) is 5.92 Å². The zero-order chi connectivity index (χ0) is 18.9. The molecule has 28 heavy (non-hydrogen) atoms. The quantitative estimate of drug-likeness (QED) is 0.700. The largest absolute Gasteiger partial charge is 0.356 e. The SMILES string of the molecule is O=C1c2cccnc2CCN1CCN1CCC(c2noc3ccccc23)CC1. The first-order valence-electron chi connectivity index (χ1n) is 10.1. The maximum Gasteiger partial charge on any atom is 0.255 e. The molecule has 2 aliphatic heterocycles. The van der Waals surface area contributed by atoms with Crippen molar-refractivity contribution in [3.05, 3.63) is 59.5 Å². The number of nitrogens with zero attached hydrogens (tertiary/aromatic N) is 4. The summed E-state index contributed by atoms with van der Waals surface area (Å²) < 4.78 is 5.48. The molecule has 2 aliphatic rings. The lowest BCUT2D eigenvalue weighted by molar-refractivity contribution is 0.0708. The summed E-state index contributed by atoms with van der Waals surface area (Å²) in [6.07, 6.45) is 4.78. The van der Waals surface area contributed by atoms with Gasteiger partial charge in [0.15, 0.2) is 5.58 Å². The fourth-order valence-electron chi connectivity index (χ4n) is 4.45. The van der Waals surface area contributed by atoms with E-state index in [2.05, 4.69) is 21.1 Å². The molecule has 0 bridgehead atoms. The number of pyridine rings is 1. The zero-order valence-electron chi connectivity index (χ0n) is 15.9. The average Bonchev–Trinajstić information content (AvgIpc) is 3.18. The van der Waals surface area contributed by atoms with Crippen LogP contribution in [0.4, 0.5) is 0 Å². The van der Waals surface area contributed by atoms with E-state index in [4.69, 9.17) is 4.52 Å². The van der Waals surface area contributed by atoms with Gasteiger partial charge in [-0.2, -0.15) is 0 Å². The van der Waals surface area contributed by atoms with E-state index in [-0.39, 0.29) is 5.91 Å². The molecular formula is C22H24N4O2. The third-order valence-electron chi connectivity index (χ3n) is 6.09. The van der Waals surface area contributed by atoms with E-state index in [1.54, 1.807) is 6.20 Å². The van der Waals surface area contributed by atoms with Crippen LogP contribution in [-0.2, 0) is 6.42 Å². The van der Waals surface area contributed by atoms with Crippen molar-refractivity contribution in [2.45, 2.75) is 25.2 Å². The van der Waals surface area contributed by atoms with Crippen LogP contribution in [0.1, 0.15) is 40.5 Å². The smallest absolute Gasteiger partial charge is 0.255 e. The van der Waals surface area contributed by atoms with Crippen molar-refractivity contribution in [2.24, 2.45) is 0 Å². The molecule has 0 spiro atoms. The zero-order valence-corrected chi connectivity index (χ0v) is 15.9. The van der Waals surface area contributed by atoms with Gasteiger partial charge in [-0.25, -0.2) is 0 Å². The first-order chi connectivity index (χ1) is 13.8. The van der Waals surface area contributed by atoms with Crippen LogP contribution in [0, 0.1) is 0 Å². The summed E-state index contributed by atoms with van der Waals surface area (Å²) in [4.78, 5) is 21.4. The van der Waals surface area contributed by atoms with E-state index in [1.165, 1.54) is 0 Å². The standard InChI is InChI=1S/C22H24N4O2/c27-22-17-5-3-10-23-19(17)9-13-26(22)15-14-25-11-7-16(8-12-25)21-18-4-1-2-6-20(18)28-24-21/h1-6,10,16H,7-9,11-15H2. The van der Waals surface area contributed by atoms with Crippen molar-refractivity contribution < 1.29 is 9.32 Å². The van der Waals surface area contributed by atoms with Crippen LogP contribution in [0.5, 0.6) is 0 Å². The summed E-state index contributed by atoms with van der Waals surface area (Å²) in [6.45, 7) is 4.54. The number of benzene rings is 1. The molecule has 2 aromatic heterocycles. The Balaban J connectivity index is 1.17. The van der Waals surface area contributed by atoms with Crippen molar-refractivity contribution in [3.8, 4) is 0 Å². The monoisotopic (exact) mass is 376 g/mol. The highest BCUT2D eigenvalue weighted by atomic mass is 16.5. The Morgan fingerprint density at radius 3 is 2.79 bits per heavy atom. The van der Waals surface area contributed by atoms with E-state index in [1.807, 2.05) is 35.2 Å². The maximum atomic E-state index is 12.7. The number of para-hydroxylation sites is 1. The molecule has 1 aromatic carbocycles. The van der Waals surface area contributed by atoms with Crippen molar-refractivity contribution in [3.63, 3.8) is 0 Å². The number of likely N-dealkylation sites (tertiary alicyclic amines) is 1. The van der Waals surface area contributed by atoms with Crippen molar-refractivity contribution >= 4 is 16.9 Å². The molecule has 3 aromatic rings. The van der Waals surface area contributed by atoms with Crippen LogP contribution in [0.15, 0.2) is 47.1 Å². The van der Waals surface area contributed by atoms with Crippen LogP contribution in [0.25, 0.3) is 11.0 Å². The number of piperidine rings is 1. The molecule has 1 amide bonds. The van der Waals surface area contributed by atoms with Gasteiger partial charge in [0, 0.05) is 43.6 Å². The van der Waals surface area contributed by atoms with Crippen LogP contribution in [-0.4, -0.2) is 58.6 Å². The Morgan fingerprint density at radius 1 is 1.04 bits per heavy atom. The van der Waals surface area contributed by atoms with Crippen LogP contribution in [0.2, 0.25) is 0 Å². The molecule has 4 heterocycles. The predicted molar refractivity (Wildman–Crippen MR) is 106 cm³/mol. The second-order valence-electron chi connectivity index (χ2n) is 7.72. The normalized spacial score (nSPS) is 18.6. The van der Waals surface area contributed by atoms with Crippen molar-refractivity contribution in [1.29, 1.82) is 0 Å². The van der Waals surface area contributed by atoms with E-state index >= 15 is 0 Å². The third kappa shape index (κ3) is 3.18. The number of fused-ring (bicyclic) bond motifs is 2. The van der Waals surface area contributed by atoms with Gasteiger partial charge in [0.05, 0.1) is 17.0 Å². The molecule has 0 atom stereocenters. The van der Waals surface area contributed by atoms with E-state index < -0.39 is 0 Å². The molecule has 0 saturated carbocycles. The minimum Gasteiger partial charge on any atom is -0.356 e. The molecule has 0 N–H and O–H groups in total. The molecule has 1 fully saturated rings. The Labute approximate surface area is 164 Å². The number of aromatic nitrogens is 2. The van der Waals surface area contributed by atoms with Crippen molar-refractivity contribution in [1.82, 2.24) is 19.9 Å². The van der Waals surface area contributed by atoms with Gasteiger partial charge in [-0.15, -0.1) is 0 Å². The summed E-state index contributed by atoms with van der Waals surface area (Å²) in [6, 6.07) is 11.8. The molecule has 144 valence electrons. The molecule has 0 unspecified atom stereocenters. The lowest BCUT2D eigenvalue weighted by Gasteiger charge is -2.34. The van der Waals surface area contributed by atoms with Crippen molar-refractivity contribution in [2.75, 3.05) is 32.7 Å². The average molecular weight is 376 g/mol. The van der Waals surface area contributed by atoms with E-state index in [0.717, 1.165) is 79.9 Å². The van der Waals surface area contributed by atoms with Gasteiger partial charge in [-0.3, -0.25) is 9.78 Å². The van der Waals surface area contributed by atoms with Gasteiger partial charge < -0.3 is 14.3 Å². The highest BCUT2D eigenvalue weighted by Crippen LogP contribution is 2.32. The number of carbonyl (C=O) groups excluding carboxylic acids is 1. The Morgan fingerprint density at radius 2 is 1.89 bits per heavy atom. The lowest BCUT2D eigenvalue weighted by Crippen LogP contribution is -2.44. The third-order valence-corrected chi connectivity index (χ3v) is 6.09. The summed E-state index contributed by atoms with van der Waals surface area (Å²) in [7, 11) is 0. The van der Waals surface area contributed by atoms with Gasteiger partial charge in [0.25, 0.3) is 5.91 Å². The lowest BCUT2D eigenvalue weighted by atomic mass is 9.91. The molecule has 0 radical (unpaired) electrons. The molecule has 6 heteroatoms. The summed E-state index contributed by atoms with van der Waals surface area (Å²) in [5, 5.41) is 5.49. The summed E-state index contributed by atoms with van der Waals surface area (Å²) in [5.41, 5.74) is 3.68. The number of hydrogen-bond acceptors (Lipinski definition) is 5. The van der Waals surface area contributed by atoms with Crippen LogP contribution in [0.3, 0.4) is 0 Å². The van der Waals surface area contributed by atoms with Gasteiger partial charge in [-0.1, -0.05) is 17.3 Å². The summed E-state index contributed by atoms with van der Waals surface area (Å²) >= 11 is 0. The predicted octanol–water partition coefficient (Wildman–Crippen LogP) is 3.10. The van der Waals surface area contributed by atoms with Gasteiger partial charge >= 0.3 is 0 Å². The second-order valence-corrected chi connectivity index (χ2v) is 7.72. The Bertz CT molecular complexity index is 991. The molecular weight excluding hydrogens is 352 g/mol. The van der Waals surface area contributed by atoms with Gasteiger partial charge in [-0.05, 0) is 50.2 Å². The maximum absolute atomic E-state index is 12.7. The highest BCUT2D eigenvalue weighted by Gasteiger charge is 2.27. The number of hydrogen-bond donors (Lipinski definition) is 0. The fourth-order valence-corrected chi connectivity index (χ4v) is 4.45. The van der Waals surface area contributed by atoms with Gasteiger partial charge in [0.2, 0.25) is 0 Å². The second kappa shape index (κ2) is 7.36. The van der Waals surface area contributed by atoms with Crippen LogP contribution < -0.4 is 0 Å². The number of amides is 1. The first-order valence-corrected chi connectivity index (χ1v) is 10.1. The minimum absolute atomic E-state index is 0.123. The van der Waals surface area contributed by atoms with E-state index in [9.17, 15) is 4.79 Å². The summed E-state index contributed by atoms with van der Waals surface area (Å²) in [5.74, 6) is 0.577. The minimum atomic E-state index is 0.123. The molecule has 1 saturated heterocycles. The van der Waals surface area contributed by atoms with Gasteiger partial charge in [0.1, 0.15) is 0 Å². The van der Waals surface area contributed by atoms with Crippen LogP contribution >= 0.6 is 0 Å². The number of carbonyl (C=O) groups is 1. The molecule has 6 nitrogen and oxygen atoms in total. The molecule has 5 rings (SSSR count). The Hall–Kier alpha value is -2.73.